The minimum atomic E-state index is -3.26. The number of rotatable bonds is 50. The van der Waals surface area contributed by atoms with Gasteiger partial charge >= 0.3 is 72.7 Å². The molecule has 0 atom stereocenters. The Balaban J connectivity index is 0.630. The van der Waals surface area contributed by atoms with Crippen LogP contribution in [0.2, 0.25) is 63.0 Å². The summed E-state index contributed by atoms with van der Waals surface area (Å²) in [6.07, 6.45) is 23.5. The van der Waals surface area contributed by atoms with Crippen molar-refractivity contribution in [2.75, 3.05) is 0 Å². The Morgan fingerprint density at radius 1 is 0.167 bits per heavy atom. The molecule has 1 fully saturated rings. The highest BCUT2D eigenvalue weighted by Crippen LogP contribution is 2.44. The molecule has 770 valence electrons. The average molecular weight is 2080 g/mol. The second-order valence-corrected chi connectivity index (χ2v) is 58.4. The Kier molecular flexibility index (Phi) is 39.9. The van der Waals surface area contributed by atoms with Crippen molar-refractivity contribution in [2.45, 2.75) is 223 Å². The van der Waals surface area contributed by atoms with Gasteiger partial charge in [0.05, 0.1) is 27.8 Å². The molecule has 1 saturated heterocycles. The molecule has 15 aromatic carbocycles. The molecule has 0 saturated carbocycles. The highest BCUT2D eigenvalue weighted by Gasteiger charge is 2.57. The number of hydrogen-bond acceptors (Lipinski definition) is 15. The van der Waals surface area contributed by atoms with Crippen LogP contribution in [0.25, 0.3) is 55.6 Å². The maximum absolute atomic E-state index is 13.8. The highest BCUT2D eigenvalue weighted by atomic mass is 28.5. The molecule has 0 N–H and O–H groups in total. The van der Waals surface area contributed by atoms with Crippen LogP contribution in [0, 0.1) is 0 Å². The fourth-order valence-electron chi connectivity index (χ4n) is 20.4. The SMILES string of the molecule is C[Si]1(CCCCCCc2ccc(C(=O)Oc3ccccc3-c3ccccc3)cc2)O[Si](C)(CCCCCCc2ccc(C(=O)Oc3ccccc3-c3ccccc3)cc2)O[Si](C)(CCCCCCc2ccc(C(=O)Oc3ccccc3-c3ccccc3)cc2)O[Si](C)(CCCCCCc2ccc(C(=O)Oc3ccccc3-c3ccccc3)cc2)O[Si](C)(CCCCCCc2ccc(C(=O)Oc3ccccc3-c3ccccc3)cc2)O1. The molecule has 1 heterocycles. The molecule has 0 aliphatic carbocycles. The first kappa shape index (κ1) is 109. The lowest BCUT2D eigenvalue weighted by Crippen LogP contribution is -2.67. The number of ether oxygens (including phenoxy) is 5. The van der Waals surface area contributed by atoms with Crippen LogP contribution in [0.1, 0.15) is 208 Å². The first-order valence-electron chi connectivity index (χ1n) is 53.9. The molecule has 0 radical (unpaired) electrons. The maximum atomic E-state index is 13.8. The predicted octanol–water partition coefficient (Wildman–Crippen LogP) is 33.9. The van der Waals surface area contributed by atoms with Gasteiger partial charge in [-0.2, -0.15) is 0 Å². The van der Waals surface area contributed by atoms with Gasteiger partial charge in [0, 0.05) is 27.8 Å². The number of benzene rings is 15. The Morgan fingerprint density at radius 2 is 0.307 bits per heavy atom. The standard InChI is InChI=1S/C130H140O15Si5/c1-146(96-46-11-6-21-51-101-76-86-111(87-77-101)126(131)136-121-71-41-36-66-116(121)106-56-26-16-27-57-106)141-147(2,97-47-12-7-22-52-102-78-88-112(89-79-102)127(132)137-122-72-42-37-67-117(122)107-58-28-17-29-59-107)143-149(4,99-49-14-9-24-54-104-82-92-114(93-83-104)129(134)139-124-74-44-39-69-119(124)109-62-32-19-33-63-109)145-150(5,100-50-15-10-25-55-105-84-94-115(95-85-105)130(135)140-125-75-45-40-70-120(125)110-64-34-20-35-65-110)144-148(3,142-146)98-48-13-8-23-53-103-80-90-113(91-81-103)128(133)138-123-73-43-38-68-118(123)108-60-30-18-31-61-108/h16-20,26-45,56-95H,6-15,21-25,46-55,96-100H2,1-5H3. The normalized spacial score (nSPS) is 17.1. The number of unbranched alkanes of at least 4 members (excludes halogenated alkanes) is 15. The van der Waals surface area contributed by atoms with Crippen molar-refractivity contribution in [3.8, 4) is 84.4 Å². The van der Waals surface area contributed by atoms with E-state index in [2.05, 4.69) is 93.4 Å². The zero-order chi connectivity index (χ0) is 104. The van der Waals surface area contributed by atoms with Gasteiger partial charge in [0.2, 0.25) is 0 Å². The summed E-state index contributed by atoms with van der Waals surface area (Å²) in [5.74, 6) is 0.614. The molecule has 0 aromatic heterocycles. The summed E-state index contributed by atoms with van der Waals surface area (Å²) < 4.78 is 71.2. The van der Waals surface area contributed by atoms with Gasteiger partial charge in [-0.15, -0.1) is 0 Å². The Labute approximate surface area is 892 Å². The average Bonchev–Trinajstić information content (AvgIpc) is 0.762. The van der Waals surface area contributed by atoms with E-state index in [4.69, 9.17) is 44.3 Å². The quantitative estimate of drug-likeness (QED) is 0.0152. The second-order valence-electron chi connectivity index (χ2n) is 40.5. The number of carbonyl (C=O) groups excluding carboxylic acids is 5. The van der Waals surface area contributed by atoms with Crippen molar-refractivity contribution in [3.05, 3.63) is 450 Å². The van der Waals surface area contributed by atoms with E-state index in [0.29, 0.717) is 56.6 Å². The van der Waals surface area contributed by atoms with E-state index in [1.165, 1.54) is 0 Å². The first-order valence-corrected chi connectivity index (χ1v) is 66.6. The molecule has 0 unspecified atom stereocenters. The summed E-state index contributed by atoms with van der Waals surface area (Å²) in [5, 5.41) is 0. The summed E-state index contributed by atoms with van der Waals surface area (Å²) in [5.41, 5.74) is 17.5. The van der Waals surface area contributed by atoms with E-state index >= 15 is 0 Å². The lowest BCUT2D eigenvalue weighted by molar-refractivity contribution is 0.0726. The van der Waals surface area contributed by atoms with E-state index in [-0.39, 0.29) is 0 Å². The molecular weight excluding hydrogens is 1940 g/mol. The molecule has 15 nitrogen and oxygen atoms in total. The smallest absolute Gasteiger partial charge is 0.343 e. The van der Waals surface area contributed by atoms with Crippen LogP contribution < -0.4 is 23.7 Å². The Bertz CT molecular complexity index is 5860. The summed E-state index contributed by atoms with van der Waals surface area (Å²) in [6, 6.07) is 131. The van der Waals surface area contributed by atoms with Crippen molar-refractivity contribution in [3.63, 3.8) is 0 Å². The molecule has 0 bridgehead atoms. The molecule has 1 aliphatic rings. The Hall–Kier alpha value is -13.5. The van der Waals surface area contributed by atoms with Crippen LogP contribution in [0.4, 0.5) is 0 Å². The van der Waals surface area contributed by atoms with Gasteiger partial charge in [-0.05, 0) is 274 Å². The summed E-state index contributed by atoms with van der Waals surface area (Å²) in [7, 11) is -16.3. The van der Waals surface area contributed by atoms with Crippen LogP contribution in [0.15, 0.2) is 394 Å². The third kappa shape index (κ3) is 32.5. The molecular formula is C130H140O15Si5. The molecule has 20 heteroatoms. The van der Waals surface area contributed by atoms with Gasteiger partial charge < -0.3 is 44.3 Å². The van der Waals surface area contributed by atoms with Crippen molar-refractivity contribution in [1.82, 2.24) is 0 Å². The van der Waals surface area contributed by atoms with E-state index in [9.17, 15) is 24.0 Å². The van der Waals surface area contributed by atoms with Crippen molar-refractivity contribution in [1.29, 1.82) is 0 Å². The molecule has 1 aliphatic heterocycles. The lowest BCUT2D eigenvalue weighted by Gasteiger charge is -2.50. The number of para-hydroxylation sites is 5. The largest absolute Gasteiger partial charge is 0.422 e. The van der Waals surface area contributed by atoms with Crippen molar-refractivity contribution in [2.24, 2.45) is 0 Å². The van der Waals surface area contributed by atoms with Gasteiger partial charge in [0.15, 0.2) is 0 Å². The predicted molar refractivity (Wildman–Crippen MR) is 615 cm³/mol. The molecule has 0 spiro atoms. The monoisotopic (exact) mass is 2080 g/mol. The number of carbonyl (C=O) groups is 5. The second kappa shape index (κ2) is 54.8. The van der Waals surface area contributed by atoms with E-state index < -0.39 is 72.7 Å². The minimum absolute atomic E-state index is 0.396. The minimum Gasteiger partial charge on any atom is -0.422 e. The zero-order valence-corrected chi connectivity index (χ0v) is 92.4. The van der Waals surface area contributed by atoms with Crippen molar-refractivity contribution < 1.29 is 68.2 Å². The van der Waals surface area contributed by atoms with Crippen LogP contribution in [0.5, 0.6) is 28.7 Å². The molecule has 0 amide bonds. The molecule has 16 rings (SSSR count). The number of hydrogen-bond donors (Lipinski definition) is 0. The summed E-state index contributed by atoms with van der Waals surface area (Å²) in [4.78, 5) is 68.8. The first-order chi connectivity index (χ1) is 73.1. The van der Waals surface area contributed by atoms with E-state index in [1.807, 2.05) is 334 Å². The van der Waals surface area contributed by atoms with Crippen molar-refractivity contribution >= 4 is 72.7 Å². The third-order valence-corrected chi connectivity index (χ3v) is 51.8. The molecule has 15 aromatic rings. The molecule has 150 heavy (non-hydrogen) atoms. The third-order valence-electron chi connectivity index (χ3n) is 28.2. The highest BCUT2D eigenvalue weighted by molar-refractivity contribution is 6.94. The maximum Gasteiger partial charge on any atom is 0.343 e. The van der Waals surface area contributed by atoms with Gasteiger partial charge in [0.25, 0.3) is 0 Å². The Morgan fingerprint density at radius 3 is 0.467 bits per heavy atom. The van der Waals surface area contributed by atoms with Gasteiger partial charge in [-0.1, -0.05) is 400 Å². The van der Waals surface area contributed by atoms with E-state index in [0.717, 1.165) is 274 Å². The fourth-order valence-corrected chi connectivity index (χ4v) is 50.0. The van der Waals surface area contributed by atoms with Crippen LogP contribution >= 0.6 is 0 Å². The number of aryl methyl sites for hydroxylation is 5. The summed E-state index contributed by atoms with van der Waals surface area (Å²) >= 11 is 0. The van der Waals surface area contributed by atoms with E-state index in [1.54, 1.807) is 0 Å². The van der Waals surface area contributed by atoms with Crippen LogP contribution in [0.3, 0.4) is 0 Å². The topological polar surface area (TPSA) is 178 Å². The van der Waals surface area contributed by atoms with Crippen LogP contribution in [-0.4, -0.2) is 72.7 Å². The number of esters is 5. The summed E-state index contributed by atoms with van der Waals surface area (Å²) in [6.45, 7) is 11.7. The van der Waals surface area contributed by atoms with Gasteiger partial charge in [-0.25, -0.2) is 24.0 Å². The zero-order valence-electron chi connectivity index (χ0n) is 87.4. The van der Waals surface area contributed by atoms with Gasteiger partial charge in [0.1, 0.15) is 28.7 Å². The fraction of sp³-hybridized carbons (Fsp3) is 0.269. The van der Waals surface area contributed by atoms with Crippen LogP contribution in [-0.2, 0) is 52.7 Å². The van der Waals surface area contributed by atoms with Gasteiger partial charge in [-0.3, -0.25) is 0 Å². The lowest BCUT2D eigenvalue weighted by atomic mass is 10.0.